The van der Waals surface area contributed by atoms with E-state index in [9.17, 15) is 14.9 Å². The Morgan fingerprint density at radius 3 is 2.70 bits per heavy atom. The van der Waals surface area contributed by atoms with Crippen molar-refractivity contribution in [1.29, 1.82) is 0 Å². The number of benzene rings is 1. The smallest absolute Gasteiger partial charge is 0.270 e. The van der Waals surface area contributed by atoms with Gasteiger partial charge in [-0.05, 0) is 19.9 Å². The molecule has 1 aromatic rings. The normalized spacial score (nSPS) is 10.3. The number of halogens is 1. The maximum atomic E-state index is 12.3. The maximum absolute atomic E-state index is 12.3. The third kappa shape index (κ3) is 4.18. The van der Waals surface area contributed by atoms with Crippen LogP contribution < -0.4 is 0 Å². The van der Waals surface area contributed by atoms with Crippen molar-refractivity contribution >= 4 is 23.2 Å². The molecular weight excluding hydrogens is 284 g/mol. The van der Waals surface area contributed by atoms with Crippen molar-refractivity contribution in [3.8, 4) is 0 Å². The van der Waals surface area contributed by atoms with Gasteiger partial charge >= 0.3 is 0 Å². The Labute approximate surface area is 122 Å². The molecule has 110 valence electrons. The van der Waals surface area contributed by atoms with E-state index in [1.54, 1.807) is 4.90 Å². The van der Waals surface area contributed by atoms with Gasteiger partial charge in [-0.15, -0.1) is 0 Å². The first kappa shape index (κ1) is 16.4. The van der Waals surface area contributed by atoms with Gasteiger partial charge in [-0.3, -0.25) is 14.9 Å². The van der Waals surface area contributed by atoms with Crippen molar-refractivity contribution in [3.05, 3.63) is 38.9 Å². The van der Waals surface area contributed by atoms with E-state index in [1.165, 1.54) is 18.2 Å². The number of carbonyl (C=O) groups excluding carboxylic acids is 1. The van der Waals surface area contributed by atoms with Gasteiger partial charge in [0.2, 0.25) is 0 Å². The minimum absolute atomic E-state index is 0.138. The number of ether oxygens (including phenoxy) is 1. The van der Waals surface area contributed by atoms with Gasteiger partial charge in [-0.25, -0.2) is 0 Å². The third-order valence-electron chi connectivity index (χ3n) is 2.77. The average Bonchev–Trinajstić information content (AvgIpc) is 2.43. The first-order chi connectivity index (χ1) is 9.51. The van der Waals surface area contributed by atoms with E-state index in [0.29, 0.717) is 26.3 Å². The summed E-state index contributed by atoms with van der Waals surface area (Å²) in [5, 5.41) is 11.0. The van der Waals surface area contributed by atoms with Crippen LogP contribution in [0.15, 0.2) is 18.2 Å². The Morgan fingerprint density at radius 2 is 2.15 bits per heavy atom. The van der Waals surface area contributed by atoms with Gasteiger partial charge in [0.15, 0.2) is 0 Å². The molecule has 0 bridgehead atoms. The third-order valence-corrected chi connectivity index (χ3v) is 3.10. The Hall–Kier alpha value is -1.66. The molecule has 1 amide bonds. The van der Waals surface area contributed by atoms with Gasteiger partial charge in [0.25, 0.3) is 11.6 Å². The van der Waals surface area contributed by atoms with Crippen LogP contribution in [0.4, 0.5) is 5.69 Å². The van der Waals surface area contributed by atoms with E-state index in [0.717, 1.165) is 0 Å². The van der Waals surface area contributed by atoms with Crippen LogP contribution in [0.25, 0.3) is 0 Å². The average molecular weight is 301 g/mol. The molecule has 0 unspecified atom stereocenters. The number of nitro groups is 1. The fraction of sp³-hybridized carbons (Fsp3) is 0.462. The van der Waals surface area contributed by atoms with Gasteiger partial charge in [0.05, 0.1) is 22.1 Å². The number of likely N-dealkylation sites (N-methyl/N-ethyl adjacent to an activating group) is 1. The summed E-state index contributed by atoms with van der Waals surface area (Å²) >= 11 is 5.96. The minimum atomic E-state index is -0.552. The van der Waals surface area contributed by atoms with Gasteiger partial charge in [-0.2, -0.15) is 0 Å². The van der Waals surface area contributed by atoms with Crippen LogP contribution in [-0.2, 0) is 4.74 Å². The number of hydrogen-bond donors (Lipinski definition) is 0. The summed E-state index contributed by atoms with van der Waals surface area (Å²) in [7, 11) is 0. The predicted octanol–water partition coefficient (Wildman–Crippen LogP) is 2.75. The highest BCUT2D eigenvalue weighted by atomic mass is 35.5. The van der Waals surface area contributed by atoms with E-state index < -0.39 is 4.92 Å². The molecule has 0 saturated carbocycles. The van der Waals surface area contributed by atoms with Crippen molar-refractivity contribution in [2.75, 3.05) is 26.3 Å². The van der Waals surface area contributed by atoms with Crippen LogP contribution in [-0.4, -0.2) is 42.0 Å². The molecule has 20 heavy (non-hydrogen) atoms. The molecular formula is C13H17ClN2O4. The number of rotatable bonds is 7. The van der Waals surface area contributed by atoms with Crippen LogP contribution in [0, 0.1) is 10.1 Å². The monoisotopic (exact) mass is 300 g/mol. The van der Waals surface area contributed by atoms with E-state index in [4.69, 9.17) is 16.3 Å². The molecule has 0 spiro atoms. The Balaban J connectivity index is 2.93. The molecule has 0 aromatic heterocycles. The van der Waals surface area contributed by atoms with Crippen LogP contribution in [0.1, 0.15) is 24.2 Å². The van der Waals surface area contributed by atoms with E-state index in [1.807, 2.05) is 13.8 Å². The van der Waals surface area contributed by atoms with Crippen LogP contribution in [0.5, 0.6) is 0 Å². The Bertz CT molecular complexity index is 493. The zero-order valence-corrected chi connectivity index (χ0v) is 12.2. The van der Waals surface area contributed by atoms with Crippen LogP contribution in [0.3, 0.4) is 0 Å². The van der Waals surface area contributed by atoms with Crippen molar-refractivity contribution in [2.45, 2.75) is 13.8 Å². The number of nitro benzene ring substituents is 1. The Morgan fingerprint density at radius 1 is 1.45 bits per heavy atom. The molecule has 0 atom stereocenters. The number of non-ortho nitro benzene ring substituents is 1. The molecule has 0 aliphatic rings. The summed E-state index contributed by atoms with van der Waals surface area (Å²) in [4.78, 5) is 24.1. The summed E-state index contributed by atoms with van der Waals surface area (Å²) < 4.78 is 5.21. The summed E-state index contributed by atoms with van der Waals surface area (Å²) in [6.07, 6.45) is 0. The fourth-order valence-corrected chi connectivity index (χ4v) is 1.88. The fourth-order valence-electron chi connectivity index (χ4n) is 1.68. The second-order valence-corrected chi connectivity index (χ2v) is 4.41. The lowest BCUT2D eigenvalue weighted by atomic mass is 10.1. The summed E-state index contributed by atoms with van der Waals surface area (Å²) in [5.74, 6) is -0.332. The predicted molar refractivity (Wildman–Crippen MR) is 76.2 cm³/mol. The zero-order chi connectivity index (χ0) is 15.1. The highest BCUT2D eigenvalue weighted by Gasteiger charge is 2.20. The van der Waals surface area contributed by atoms with Crippen molar-refractivity contribution in [2.24, 2.45) is 0 Å². The molecule has 0 aliphatic heterocycles. The number of hydrogen-bond acceptors (Lipinski definition) is 4. The largest absolute Gasteiger partial charge is 0.380 e. The van der Waals surface area contributed by atoms with Crippen molar-refractivity contribution in [3.63, 3.8) is 0 Å². The van der Waals surface area contributed by atoms with Crippen molar-refractivity contribution in [1.82, 2.24) is 4.90 Å². The molecule has 0 radical (unpaired) electrons. The summed E-state index contributed by atoms with van der Waals surface area (Å²) in [6.45, 7) is 5.59. The Kier molecular flexibility index (Phi) is 6.41. The van der Waals surface area contributed by atoms with E-state index in [2.05, 4.69) is 0 Å². The van der Waals surface area contributed by atoms with Gasteiger partial charge in [-0.1, -0.05) is 11.6 Å². The molecule has 0 fully saturated rings. The molecule has 0 saturated heterocycles. The molecule has 6 nitrogen and oxygen atoms in total. The first-order valence-corrected chi connectivity index (χ1v) is 6.70. The van der Waals surface area contributed by atoms with Crippen LogP contribution >= 0.6 is 11.6 Å². The maximum Gasteiger partial charge on any atom is 0.270 e. The lowest BCUT2D eigenvalue weighted by Crippen LogP contribution is -2.34. The quantitative estimate of drug-likeness (QED) is 0.441. The lowest BCUT2D eigenvalue weighted by molar-refractivity contribution is -0.384. The SMILES string of the molecule is CCOCCN(CC)C(=O)c1cc([N+](=O)[O-])ccc1Cl. The minimum Gasteiger partial charge on any atom is -0.380 e. The summed E-state index contributed by atoms with van der Waals surface area (Å²) in [6, 6.07) is 3.84. The molecule has 0 aliphatic carbocycles. The molecule has 1 rings (SSSR count). The van der Waals surface area contributed by atoms with E-state index in [-0.39, 0.29) is 22.2 Å². The number of amides is 1. The highest BCUT2D eigenvalue weighted by molar-refractivity contribution is 6.33. The standard InChI is InChI=1S/C13H17ClN2O4/c1-3-15(7-8-20-4-2)13(17)11-9-10(16(18)19)5-6-12(11)14/h5-6,9H,3-4,7-8H2,1-2H3. The molecule has 1 aromatic carbocycles. The number of carbonyl (C=O) groups is 1. The summed E-state index contributed by atoms with van der Waals surface area (Å²) in [5.41, 5.74) is -0.0159. The highest BCUT2D eigenvalue weighted by Crippen LogP contribution is 2.23. The topological polar surface area (TPSA) is 72.7 Å². The first-order valence-electron chi connectivity index (χ1n) is 6.32. The number of nitrogens with zero attached hydrogens (tertiary/aromatic N) is 2. The van der Waals surface area contributed by atoms with Crippen molar-refractivity contribution < 1.29 is 14.5 Å². The molecule has 7 heteroatoms. The van der Waals surface area contributed by atoms with Gasteiger partial charge in [0, 0.05) is 31.8 Å². The molecule has 0 heterocycles. The van der Waals surface area contributed by atoms with Gasteiger partial charge < -0.3 is 9.64 Å². The molecule has 0 N–H and O–H groups in total. The lowest BCUT2D eigenvalue weighted by Gasteiger charge is -2.21. The second kappa shape index (κ2) is 7.81. The zero-order valence-electron chi connectivity index (χ0n) is 11.5. The van der Waals surface area contributed by atoms with Gasteiger partial charge in [0.1, 0.15) is 0 Å². The van der Waals surface area contributed by atoms with E-state index >= 15 is 0 Å². The second-order valence-electron chi connectivity index (χ2n) is 4.00. The van der Waals surface area contributed by atoms with Crippen LogP contribution in [0.2, 0.25) is 5.02 Å².